The van der Waals surface area contributed by atoms with Gasteiger partial charge in [-0.2, -0.15) is 0 Å². The molecule has 0 saturated heterocycles. The maximum Gasteiger partial charge on any atom is 0.252 e. The smallest absolute Gasteiger partial charge is 0.252 e. The average molecular weight is 419 g/mol. The molecule has 0 heterocycles. The molecule has 2 rings (SSSR count). The van der Waals surface area contributed by atoms with Gasteiger partial charge in [0.1, 0.15) is 0 Å². The first-order chi connectivity index (χ1) is 14.1. The lowest BCUT2D eigenvalue weighted by Gasteiger charge is -2.14. The Hall–Kier alpha value is -2.93. The third-order valence-corrected chi connectivity index (χ3v) is 4.19. The quantitative estimate of drug-likeness (QED) is 0.329. The van der Waals surface area contributed by atoms with Gasteiger partial charge in [0.15, 0.2) is 17.5 Å². The number of nitrogens with one attached hydrogen (secondary N) is 3. The molecule has 1 amide bonds. The molecular formula is C21H27ClN4O3. The predicted molar refractivity (Wildman–Crippen MR) is 118 cm³/mol. The van der Waals surface area contributed by atoms with Gasteiger partial charge in [-0.3, -0.25) is 9.79 Å². The summed E-state index contributed by atoms with van der Waals surface area (Å²) in [6.45, 7) is 5.93. The molecule has 2 aromatic rings. The first kappa shape index (κ1) is 22.4. The Morgan fingerprint density at radius 2 is 1.90 bits per heavy atom. The van der Waals surface area contributed by atoms with Crippen molar-refractivity contribution in [3.63, 3.8) is 0 Å². The van der Waals surface area contributed by atoms with Gasteiger partial charge < -0.3 is 25.4 Å². The summed E-state index contributed by atoms with van der Waals surface area (Å²) in [7, 11) is 1.60. The molecule has 2 aromatic carbocycles. The Morgan fingerprint density at radius 1 is 1.10 bits per heavy atom. The maximum atomic E-state index is 12.2. The van der Waals surface area contributed by atoms with E-state index in [0.29, 0.717) is 54.3 Å². The molecule has 0 radical (unpaired) electrons. The Labute approximate surface area is 176 Å². The lowest BCUT2D eigenvalue weighted by Crippen LogP contribution is -2.32. The number of guanidine groups is 1. The highest BCUT2D eigenvalue weighted by Crippen LogP contribution is 2.30. The first-order valence-electron chi connectivity index (χ1n) is 9.47. The fraction of sp³-hybridized carbons (Fsp3) is 0.333. The molecule has 0 fully saturated rings. The molecule has 8 heteroatoms. The number of anilines is 1. The lowest BCUT2D eigenvalue weighted by atomic mass is 10.2. The highest BCUT2D eigenvalue weighted by atomic mass is 35.5. The molecular weight excluding hydrogens is 392 g/mol. The number of carbonyl (C=O) groups is 1. The molecule has 0 aliphatic heterocycles. The van der Waals surface area contributed by atoms with Gasteiger partial charge >= 0.3 is 0 Å². The number of amides is 1. The molecule has 7 nitrogen and oxygen atoms in total. The largest absolute Gasteiger partial charge is 0.493 e. The molecule has 0 bridgehead atoms. The van der Waals surface area contributed by atoms with Gasteiger partial charge in [-0.15, -0.1) is 0 Å². The zero-order valence-electron chi connectivity index (χ0n) is 16.9. The van der Waals surface area contributed by atoms with Crippen LogP contribution in [0.15, 0.2) is 47.5 Å². The molecule has 0 aliphatic rings. The van der Waals surface area contributed by atoms with Crippen LogP contribution < -0.4 is 25.4 Å². The molecule has 3 N–H and O–H groups in total. The maximum absolute atomic E-state index is 12.2. The number of rotatable bonds is 9. The normalized spacial score (nSPS) is 11.0. The number of hydrogen-bond acceptors (Lipinski definition) is 4. The van der Waals surface area contributed by atoms with Gasteiger partial charge in [0.25, 0.3) is 5.91 Å². The number of halogens is 1. The van der Waals surface area contributed by atoms with Crippen molar-refractivity contribution >= 4 is 29.2 Å². The molecule has 0 atom stereocenters. The molecule has 29 heavy (non-hydrogen) atoms. The van der Waals surface area contributed by atoms with Crippen molar-refractivity contribution < 1.29 is 14.3 Å². The number of nitrogens with zero attached hydrogens (tertiary/aromatic N) is 1. The van der Waals surface area contributed by atoms with Crippen molar-refractivity contribution in [1.82, 2.24) is 10.6 Å². The minimum absolute atomic E-state index is 0.222. The van der Waals surface area contributed by atoms with Gasteiger partial charge in [-0.05, 0) is 38.1 Å². The summed E-state index contributed by atoms with van der Waals surface area (Å²) >= 11 is 6.04. The van der Waals surface area contributed by atoms with Crippen LogP contribution in [0, 0.1) is 0 Å². The van der Waals surface area contributed by atoms with E-state index in [1.807, 2.05) is 32.0 Å². The van der Waals surface area contributed by atoms with E-state index in [1.54, 1.807) is 31.4 Å². The number of benzene rings is 2. The zero-order valence-corrected chi connectivity index (χ0v) is 17.7. The topological polar surface area (TPSA) is 84.0 Å². The van der Waals surface area contributed by atoms with Gasteiger partial charge in [0.05, 0.1) is 30.8 Å². The monoisotopic (exact) mass is 418 g/mol. The summed E-state index contributed by atoms with van der Waals surface area (Å²) in [5.74, 6) is 1.71. The highest BCUT2D eigenvalue weighted by Gasteiger charge is 2.09. The summed E-state index contributed by atoms with van der Waals surface area (Å²) in [4.78, 5) is 16.7. The van der Waals surface area contributed by atoms with E-state index in [2.05, 4.69) is 20.9 Å². The predicted octanol–water partition coefficient (Wildman–Crippen LogP) is 3.55. The van der Waals surface area contributed by atoms with Crippen molar-refractivity contribution in [3.05, 3.63) is 53.1 Å². The van der Waals surface area contributed by atoms with Gasteiger partial charge in [0.2, 0.25) is 0 Å². The van der Waals surface area contributed by atoms with Crippen LogP contribution >= 0.6 is 11.6 Å². The van der Waals surface area contributed by atoms with E-state index in [9.17, 15) is 4.79 Å². The van der Waals surface area contributed by atoms with Crippen LogP contribution in [0.5, 0.6) is 11.5 Å². The van der Waals surface area contributed by atoms with Crippen molar-refractivity contribution in [1.29, 1.82) is 0 Å². The fourth-order valence-electron chi connectivity index (χ4n) is 2.54. The summed E-state index contributed by atoms with van der Waals surface area (Å²) in [6, 6.07) is 12.5. The molecule has 156 valence electrons. The van der Waals surface area contributed by atoms with Crippen molar-refractivity contribution in [2.75, 3.05) is 38.7 Å². The molecule has 0 spiro atoms. The van der Waals surface area contributed by atoms with Crippen LogP contribution in [0.4, 0.5) is 5.69 Å². The molecule has 0 aliphatic carbocycles. The second kappa shape index (κ2) is 11.8. The Morgan fingerprint density at radius 3 is 2.59 bits per heavy atom. The number of ether oxygens (including phenoxy) is 2. The summed E-state index contributed by atoms with van der Waals surface area (Å²) in [5.41, 5.74) is 1.26. The van der Waals surface area contributed by atoms with Crippen LogP contribution in [-0.2, 0) is 0 Å². The van der Waals surface area contributed by atoms with E-state index in [-0.39, 0.29) is 5.91 Å². The standard InChI is InChI=1S/C21H27ClN4O3/c1-4-23-21(26-15-10-11-18(28-3)19(14-15)29-5-2)25-13-12-24-20(27)16-8-6-7-9-17(16)22/h6-11,14H,4-5,12-13H2,1-3H3,(H,24,27)(H2,23,25,26). The second-order valence-corrected chi connectivity index (χ2v) is 6.33. The van der Waals surface area contributed by atoms with E-state index in [1.165, 1.54) is 0 Å². The van der Waals surface area contributed by atoms with Crippen LogP contribution in [0.3, 0.4) is 0 Å². The number of hydrogen-bond donors (Lipinski definition) is 3. The summed E-state index contributed by atoms with van der Waals surface area (Å²) in [6.07, 6.45) is 0. The van der Waals surface area contributed by atoms with E-state index in [0.717, 1.165) is 5.69 Å². The lowest BCUT2D eigenvalue weighted by molar-refractivity contribution is 0.0955. The Balaban J connectivity index is 1.96. The molecule has 0 aromatic heterocycles. The summed E-state index contributed by atoms with van der Waals surface area (Å²) < 4.78 is 10.9. The first-order valence-corrected chi connectivity index (χ1v) is 9.85. The average Bonchev–Trinajstić information content (AvgIpc) is 2.72. The highest BCUT2D eigenvalue weighted by molar-refractivity contribution is 6.33. The number of aliphatic imine (C=N–C) groups is 1. The van der Waals surface area contributed by atoms with Crippen LogP contribution in [-0.4, -0.2) is 45.2 Å². The van der Waals surface area contributed by atoms with E-state index >= 15 is 0 Å². The number of methoxy groups -OCH3 is 1. The zero-order chi connectivity index (χ0) is 21.1. The SMILES string of the molecule is CCNC(=NCCNC(=O)c1ccccc1Cl)Nc1ccc(OC)c(OCC)c1. The minimum atomic E-state index is -0.222. The van der Waals surface area contributed by atoms with Crippen LogP contribution in [0.1, 0.15) is 24.2 Å². The van der Waals surface area contributed by atoms with E-state index < -0.39 is 0 Å². The fourth-order valence-corrected chi connectivity index (χ4v) is 2.77. The van der Waals surface area contributed by atoms with Gasteiger partial charge in [0, 0.05) is 24.8 Å². The second-order valence-electron chi connectivity index (χ2n) is 5.92. The minimum Gasteiger partial charge on any atom is -0.493 e. The van der Waals surface area contributed by atoms with Crippen molar-refractivity contribution in [3.8, 4) is 11.5 Å². The van der Waals surface area contributed by atoms with Crippen LogP contribution in [0.25, 0.3) is 0 Å². The van der Waals surface area contributed by atoms with Crippen molar-refractivity contribution in [2.24, 2.45) is 4.99 Å². The summed E-state index contributed by atoms with van der Waals surface area (Å²) in [5, 5.41) is 9.65. The number of carbonyl (C=O) groups excluding carboxylic acids is 1. The third kappa shape index (κ3) is 6.87. The Kier molecular flexibility index (Phi) is 9.11. The van der Waals surface area contributed by atoms with E-state index in [4.69, 9.17) is 21.1 Å². The molecule has 0 unspecified atom stereocenters. The molecule has 0 saturated carbocycles. The van der Waals surface area contributed by atoms with Gasteiger partial charge in [-0.1, -0.05) is 23.7 Å². The Bertz CT molecular complexity index is 842. The third-order valence-electron chi connectivity index (χ3n) is 3.86. The van der Waals surface area contributed by atoms with Gasteiger partial charge in [-0.25, -0.2) is 0 Å². The van der Waals surface area contributed by atoms with Crippen molar-refractivity contribution in [2.45, 2.75) is 13.8 Å². The van der Waals surface area contributed by atoms with Crippen LogP contribution in [0.2, 0.25) is 5.02 Å².